The van der Waals surface area contributed by atoms with Crippen LogP contribution in [0.25, 0.3) is 0 Å². The lowest BCUT2D eigenvalue weighted by atomic mass is 9.83. The highest BCUT2D eigenvalue weighted by atomic mass is 35.5. The van der Waals surface area contributed by atoms with Crippen LogP contribution in [0.15, 0.2) is 30.1 Å². The second kappa shape index (κ2) is 5.33. The van der Waals surface area contributed by atoms with Gasteiger partial charge in [-0.2, -0.15) is 0 Å². The smallest absolute Gasteiger partial charge is 0.257 e. The third-order valence-electron chi connectivity index (χ3n) is 3.46. The molecule has 1 amide bonds. The molecule has 0 bridgehead atoms. The van der Waals surface area contributed by atoms with Gasteiger partial charge in [-0.1, -0.05) is 44.0 Å². The monoisotopic (exact) mass is 278 g/mol. The first kappa shape index (κ1) is 14.1. The molecule has 3 nitrogen and oxygen atoms in total. The van der Waals surface area contributed by atoms with Crippen molar-refractivity contribution in [2.75, 3.05) is 13.1 Å². The van der Waals surface area contributed by atoms with Crippen LogP contribution < -0.4 is 0 Å². The van der Waals surface area contributed by atoms with Gasteiger partial charge >= 0.3 is 0 Å². The fourth-order valence-corrected chi connectivity index (χ4v) is 2.43. The molecule has 0 radical (unpaired) electrons. The van der Waals surface area contributed by atoms with Gasteiger partial charge < -0.3 is 4.90 Å². The maximum Gasteiger partial charge on any atom is 0.257 e. The van der Waals surface area contributed by atoms with Crippen LogP contribution in [0.5, 0.6) is 0 Å². The van der Waals surface area contributed by atoms with Crippen molar-refractivity contribution in [3.05, 3.63) is 40.7 Å². The van der Waals surface area contributed by atoms with E-state index in [1.54, 1.807) is 12.3 Å². The molecule has 0 spiro atoms. The summed E-state index contributed by atoms with van der Waals surface area (Å²) < 4.78 is 0. The van der Waals surface area contributed by atoms with E-state index in [0.717, 1.165) is 13.0 Å². The van der Waals surface area contributed by atoms with Crippen LogP contribution in [0.4, 0.5) is 0 Å². The van der Waals surface area contributed by atoms with E-state index < -0.39 is 0 Å². The highest BCUT2D eigenvalue weighted by molar-refractivity contribution is 6.33. The normalized spacial score (nSPS) is 16.2. The average Bonchev–Trinajstić information content (AvgIpc) is 2.38. The number of hydrogen-bond donors (Lipinski definition) is 0. The van der Waals surface area contributed by atoms with E-state index in [2.05, 4.69) is 31.8 Å². The predicted octanol–water partition coefficient (Wildman–Crippen LogP) is 3.55. The Morgan fingerprint density at radius 2 is 2.16 bits per heavy atom. The maximum atomic E-state index is 12.3. The molecule has 0 saturated carbocycles. The molecular weight excluding hydrogens is 260 g/mol. The number of pyridine rings is 1. The summed E-state index contributed by atoms with van der Waals surface area (Å²) in [7, 11) is 0. The highest BCUT2D eigenvalue weighted by Gasteiger charge is 2.25. The second-order valence-corrected chi connectivity index (χ2v) is 6.24. The Labute approximate surface area is 119 Å². The number of halogens is 1. The van der Waals surface area contributed by atoms with Crippen LogP contribution in [-0.4, -0.2) is 28.9 Å². The molecule has 0 fully saturated rings. The molecule has 1 aliphatic rings. The molecule has 4 heteroatoms. The number of amides is 1. The molecule has 0 aliphatic carbocycles. The van der Waals surface area contributed by atoms with E-state index in [9.17, 15) is 4.79 Å². The molecule has 0 aromatic carbocycles. The molecule has 102 valence electrons. The van der Waals surface area contributed by atoms with Crippen molar-refractivity contribution in [3.63, 3.8) is 0 Å². The zero-order chi connectivity index (χ0) is 14.0. The molecule has 0 unspecified atom stereocenters. The Hall–Kier alpha value is -1.35. The van der Waals surface area contributed by atoms with Crippen molar-refractivity contribution in [1.82, 2.24) is 9.88 Å². The third kappa shape index (κ3) is 3.16. The van der Waals surface area contributed by atoms with Crippen molar-refractivity contribution in [3.8, 4) is 0 Å². The van der Waals surface area contributed by atoms with E-state index in [1.807, 2.05) is 4.90 Å². The minimum Gasteiger partial charge on any atom is -0.335 e. The van der Waals surface area contributed by atoms with Gasteiger partial charge in [0.25, 0.3) is 5.91 Å². The first-order chi connectivity index (χ1) is 8.89. The zero-order valence-corrected chi connectivity index (χ0v) is 12.4. The fraction of sp³-hybridized carbons (Fsp3) is 0.467. The average molecular weight is 279 g/mol. The van der Waals surface area contributed by atoms with Gasteiger partial charge in [0.2, 0.25) is 0 Å². The summed E-state index contributed by atoms with van der Waals surface area (Å²) >= 11 is 6.04. The molecule has 0 N–H and O–H groups in total. The number of aromatic nitrogens is 1. The quantitative estimate of drug-likeness (QED) is 0.736. The number of carbonyl (C=O) groups excluding carboxylic acids is 1. The first-order valence-corrected chi connectivity index (χ1v) is 6.85. The van der Waals surface area contributed by atoms with Crippen LogP contribution in [0.3, 0.4) is 0 Å². The molecular formula is C15H19ClN2O. The van der Waals surface area contributed by atoms with E-state index in [4.69, 9.17) is 11.6 Å². The second-order valence-electron chi connectivity index (χ2n) is 5.84. The lowest BCUT2D eigenvalue weighted by Crippen LogP contribution is -2.36. The van der Waals surface area contributed by atoms with E-state index >= 15 is 0 Å². The summed E-state index contributed by atoms with van der Waals surface area (Å²) in [6, 6.07) is 1.65. The van der Waals surface area contributed by atoms with Crippen LogP contribution >= 0.6 is 11.6 Å². The van der Waals surface area contributed by atoms with E-state index in [-0.39, 0.29) is 11.3 Å². The molecule has 1 aliphatic heterocycles. The van der Waals surface area contributed by atoms with Crippen molar-refractivity contribution in [2.45, 2.75) is 27.2 Å². The SMILES string of the molecule is CC(C)(C)C1=CCN(C(=O)c2cnccc2Cl)CC1. The minimum absolute atomic E-state index is 0.0395. The summed E-state index contributed by atoms with van der Waals surface area (Å²) in [5.74, 6) is -0.0395. The topological polar surface area (TPSA) is 33.2 Å². The van der Waals surface area contributed by atoms with Gasteiger partial charge in [0.05, 0.1) is 10.6 Å². The van der Waals surface area contributed by atoms with E-state index in [1.165, 1.54) is 11.8 Å². The lowest BCUT2D eigenvalue weighted by molar-refractivity contribution is 0.0764. The van der Waals surface area contributed by atoms with Gasteiger partial charge in [-0.15, -0.1) is 0 Å². The molecule has 0 atom stereocenters. The van der Waals surface area contributed by atoms with Gasteiger partial charge in [-0.05, 0) is 17.9 Å². The summed E-state index contributed by atoms with van der Waals surface area (Å²) in [6.45, 7) is 8.00. The van der Waals surface area contributed by atoms with Crippen molar-refractivity contribution in [2.24, 2.45) is 5.41 Å². The fourth-order valence-electron chi connectivity index (χ4n) is 2.24. The molecule has 2 rings (SSSR count). The summed E-state index contributed by atoms with van der Waals surface area (Å²) in [5.41, 5.74) is 2.08. The number of nitrogens with zero attached hydrogens (tertiary/aromatic N) is 2. The lowest BCUT2D eigenvalue weighted by Gasteiger charge is -2.32. The summed E-state index contributed by atoms with van der Waals surface area (Å²) in [4.78, 5) is 18.1. The highest BCUT2D eigenvalue weighted by Crippen LogP contribution is 2.30. The van der Waals surface area contributed by atoms with Crippen LogP contribution in [0, 0.1) is 5.41 Å². The van der Waals surface area contributed by atoms with Gasteiger partial charge in [0, 0.05) is 25.5 Å². The Balaban J connectivity index is 2.13. The van der Waals surface area contributed by atoms with Gasteiger partial charge in [0.1, 0.15) is 0 Å². The third-order valence-corrected chi connectivity index (χ3v) is 3.79. The van der Waals surface area contributed by atoms with Gasteiger partial charge in [-0.3, -0.25) is 9.78 Å². The Bertz CT molecular complexity index is 517. The Morgan fingerprint density at radius 1 is 1.42 bits per heavy atom. The summed E-state index contributed by atoms with van der Waals surface area (Å²) in [6.07, 6.45) is 6.21. The van der Waals surface area contributed by atoms with Crippen molar-refractivity contribution < 1.29 is 4.79 Å². The van der Waals surface area contributed by atoms with Crippen LogP contribution in [-0.2, 0) is 0 Å². The Morgan fingerprint density at radius 3 is 2.68 bits per heavy atom. The number of rotatable bonds is 1. The van der Waals surface area contributed by atoms with Crippen LogP contribution in [0.2, 0.25) is 5.02 Å². The number of hydrogen-bond acceptors (Lipinski definition) is 2. The largest absolute Gasteiger partial charge is 0.335 e. The molecule has 0 saturated heterocycles. The van der Waals surface area contributed by atoms with Gasteiger partial charge in [0.15, 0.2) is 0 Å². The van der Waals surface area contributed by atoms with Gasteiger partial charge in [-0.25, -0.2) is 0 Å². The molecule has 1 aromatic heterocycles. The van der Waals surface area contributed by atoms with Crippen molar-refractivity contribution in [1.29, 1.82) is 0 Å². The Kier molecular flexibility index (Phi) is 3.95. The number of carbonyl (C=O) groups is 1. The standard InChI is InChI=1S/C15H19ClN2O/c1-15(2,3)11-5-8-18(9-6-11)14(19)12-10-17-7-4-13(12)16/h4-5,7,10H,6,8-9H2,1-3H3. The maximum absolute atomic E-state index is 12.3. The minimum atomic E-state index is -0.0395. The van der Waals surface area contributed by atoms with Crippen molar-refractivity contribution >= 4 is 17.5 Å². The van der Waals surface area contributed by atoms with Crippen LogP contribution in [0.1, 0.15) is 37.6 Å². The molecule has 1 aromatic rings. The predicted molar refractivity (Wildman–Crippen MR) is 77.3 cm³/mol. The molecule has 19 heavy (non-hydrogen) atoms. The van der Waals surface area contributed by atoms with E-state index in [0.29, 0.717) is 17.1 Å². The molecule has 2 heterocycles. The summed E-state index contributed by atoms with van der Waals surface area (Å²) in [5, 5.41) is 0.464. The first-order valence-electron chi connectivity index (χ1n) is 6.48. The zero-order valence-electron chi connectivity index (χ0n) is 11.6.